The van der Waals surface area contributed by atoms with E-state index in [1.54, 1.807) is 6.07 Å². The number of hydrogen-bond acceptors (Lipinski definition) is 0. The van der Waals surface area contributed by atoms with E-state index >= 15 is 4.39 Å². The molecule has 0 amide bonds. The van der Waals surface area contributed by atoms with E-state index in [9.17, 15) is 8.78 Å². The average Bonchev–Trinajstić information content (AvgIpc) is 2.61. The van der Waals surface area contributed by atoms with Crippen LogP contribution in [0.2, 0.25) is 0 Å². The van der Waals surface area contributed by atoms with E-state index in [0.29, 0.717) is 12.0 Å². The first-order valence-corrected chi connectivity index (χ1v) is 8.97. The molecule has 0 fully saturated rings. The Labute approximate surface area is 151 Å². The summed E-state index contributed by atoms with van der Waals surface area (Å²) < 4.78 is 42.2. The molecule has 0 radical (unpaired) electrons. The van der Waals surface area contributed by atoms with Gasteiger partial charge < -0.3 is 0 Å². The van der Waals surface area contributed by atoms with Crippen molar-refractivity contribution < 1.29 is 13.2 Å². The standard InChI is InChI=1S/C23H19F3/c1-2-3-14-4-6-19-15(10-14)5-7-22-21(19)9-8-20(23(22)26)16-11-17(24)13-18(25)12-16/h4,6,8-13H,2-3,5,7H2,1H3. The van der Waals surface area contributed by atoms with Gasteiger partial charge in [0, 0.05) is 11.6 Å². The second kappa shape index (κ2) is 6.64. The van der Waals surface area contributed by atoms with Crippen LogP contribution in [-0.4, -0.2) is 0 Å². The molecule has 3 aromatic rings. The van der Waals surface area contributed by atoms with Crippen molar-refractivity contribution >= 4 is 0 Å². The van der Waals surface area contributed by atoms with E-state index in [1.165, 1.54) is 23.3 Å². The molecular formula is C23H19F3. The van der Waals surface area contributed by atoms with Gasteiger partial charge in [-0.1, -0.05) is 43.7 Å². The van der Waals surface area contributed by atoms with Gasteiger partial charge >= 0.3 is 0 Å². The Morgan fingerprint density at radius 3 is 2.19 bits per heavy atom. The molecule has 0 unspecified atom stereocenters. The summed E-state index contributed by atoms with van der Waals surface area (Å²) in [5.41, 5.74) is 5.59. The van der Waals surface area contributed by atoms with Crippen LogP contribution >= 0.6 is 0 Å². The highest BCUT2D eigenvalue weighted by atomic mass is 19.1. The molecule has 132 valence electrons. The van der Waals surface area contributed by atoms with Crippen molar-refractivity contribution in [1.29, 1.82) is 0 Å². The summed E-state index contributed by atoms with van der Waals surface area (Å²) in [6.45, 7) is 2.15. The van der Waals surface area contributed by atoms with E-state index < -0.39 is 11.6 Å². The zero-order valence-electron chi connectivity index (χ0n) is 14.6. The van der Waals surface area contributed by atoms with Gasteiger partial charge in [-0.25, -0.2) is 13.2 Å². The average molecular weight is 352 g/mol. The molecule has 0 spiro atoms. The molecule has 0 aliphatic heterocycles. The van der Waals surface area contributed by atoms with Gasteiger partial charge in [-0.3, -0.25) is 0 Å². The van der Waals surface area contributed by atoms with E-state index in [4.69, 9.17) is 0 Å². The van der Waals surface area contributed by atoms with Crippen molar-refractivity contribution in [2.24, 2.45) is 0 Å². The number of benzene rings is 3. The zero-order chi connectivity index (χ0) is 18.3. The topological polar surface area (TPSA) is 0 Å². The van der Waals surface area contributed by atoms with E-state index in [1.807, 2.05) is 6.07 Å². The number of halogens is 3. The van der Waals surface area contributed by atoms with E-state index in [0.717, 1.165) is 36.5 Å². The van der Waals surface area contributed by atoms with Crippen molar-refractivity contribution in [3.8, 4) is 22.3 Å². The van der Waals surface area contributed by atoms with Gasteiger partial charge in [-0.2, -0.15) is 0 Å². The molecule has 4 rings (SSSR count). The minimum absolute atomic E-state index is 0.229. The summed E-state index contributed by atoms with van der Waals surface area (Å²) >= 11 is 0. The predicted octanol–water partition coefficient (Wildman–Crippen LogP) is 6.49. The Hall–Kier alpha value is -2.55. The molecule has 0 saturated carbocycles. The molecule has 3 heteroatoms. The van der Waals surface area contributed by atoms with Crippen LogP contribution in [0.1, 0.15) is 30.0 Å². The molecule has 0 aromatic heterocycles. The van der Waals surface area contributed by atoms with Crippen LogP contribution in [-0.2, 0) is 19.3 Å². The van der Waals surface area contributed by atoms with Crippen molar-refractivity contribution in [3.05, 3.63) is 82.7 Å². The number of aryl methyl sites for hydroxylation is 2. The Kier molecular flexibility index (Phi) is 4.31. The highest BCUT2D eigenvalue weighted by Crippen LogP contribution is 2.39. The first-order chi connectivity index (χ1) is 12.6. The van der Waals surface area contributed by atoms with E-state index in [2.05, 4.69) is 25.1 Å². The molecule has 0 saturated heterocycles. The molecule has 1 aliphatic rings. The molecule has 0 nitrogen and oxygen atoms in total. The highest BCUT2D eigenvalue weighted by molar-refractivity contribution is 5.78. The Morgan fingerprint density at radius 1 is 0.769 bits per heavy atom. The first-order valence-electron chi connectivity index (χ1n) is 8.97. The van der Waals surface area contributed by atoms with Gasteiger partial charge in [0.15, 0.2) is 0 Å². The van der Waals surface area contributed by atoms with Crippen molar-refractivity contribution in [3.63, 3.8) is 0 Å². The van der Waals surface area contributed by atoms with Gasteiger partial charge in [0.1, 0.15) is 17.5 Å². The van der Waals surface area contributed by atoms with Crippen LogP contribution in [0, 0.1) is 17.5 Å². The van der Waals surface area contributed by atoms with Gasteiger partial charge in [-0.15, -0.1) is 0 Å². The molecule has 0 heterocycles. The lowest BCUT2D eigenvalue weighted by molar-refractivity contribution is 0.583. The number of fused-ring (bicyclic) bond motifs is 3. The largest absolute Gasteiger partial charge is 0.207 e. The maximum atomic E-state index is 15.2. The SMILES string of the molecule is CCCc1ccc2c(c1)CCc1c-2ccc(-c2cc(F)cc(F)c2)c1F. The quantitative estimate of drug-likeness (QED) is 0.505. The molecule has 1 aliphatic carbocycles. The molecule has 0 bridgehead atoms. The summed E-state index contributed by atoms with van der Waals surface area (Å²) in [6, 6.07) is 13.0. The predicted molar refractivity (Wildman–Crippen MR) is 98.6 cm³/mol. The summed E-state index contributed by atoms with van der Waals surface area (Å²) in [7, 11) is 0. The third-order valence-electron chi connectivity index (χ3n) is 5.06. The molecule has 3 aromatic carbocycles. The third-order valence-corrected chi connectivity index (χ3v) is 5.06. The van der Waals surface area contributed by atoms with E-state index in [-0.39, 0.29) is 16.9 Å². The lowest BCUT2D eigenvalue weighted by Gasteiger charge is -2.22. The molecule has 0 atom stereocenters. The fourth-order valence-electron chi connectivity index (χ4n) is 3.87. The Morgan fingerprint density at radius 2 is 1.46 bits per heavy atom. The molecular weight excluding hydrogens is 333 g/mol. The van der Waals surface area contributed by atoms with Crippen LogP contribution in [0.25, 0.3) is 22.3 Å². The van der Waals surface area contributed by atoms with Crippen molar-refractivity contribution in [2.45, 2.75) is 32.6 Å². The fraction of sp³-hybridized carbons (Fsp3) is 0.217. The summed E-state index contributed by atoms with van der Waals surface area (Å²) in [5.74, 6) is -1.78. The van der Waals surface area contributed by atoms with Crippen LogP contribution in [0.3, 0.4) is 0 Å². The summed E-state index contributed by atoms with van der Waals surface area (Å²) in [6.07, 6.45) is 3.50. The Bertz CT molecular complexity index is 969. The van der Waals surface area contributed by atoms with Crippen molar-refractivity contribution in [1.82, 2.24) is 0 Å². The van der Waals surface area contributed by atoms with Crippen molar-refractivity contribution in [2.75, 3.05) is 0 Å². The first kappa shape index (κ1) is 16.9. The number of hydrogen-bond donors (Lipinski definition) is 0. The van der Waals surface area contributed by atoms with Crippen LogP contribution in [0.5, 0.6) is 0 Å². The monoisotopic (exact) mass is 352 g/mol. The third kappa shape index (κ3) is 2.92. The Balaban J connectivity index is 1.81. The minimum Gasteiger partial charge on any atom is -0.207 e. The van der Waals surface area contributed by atoms with Gasteiger partial charge in [0.05, 0.1) is 0 Å². The summed E-state index contributed by atoms with van der Waals surface area (Å²) in [4.78, 5) is 0. The smallest absolute Gasteiger partial charge is 0.134 e. The number of rotatable bonds is 3. The van der Waals surface area contributed by atoms with Crippen LogP contribution < -0.4 is 0 Å². The zero-order valence-corrected chi connectivity index (χ0v) is 14.6. The second-order valence-corrected chi connectivity index (χ2v) is 6.85. The maximum Gasteiger partial charge on any atom is 0.134 e. The maximum absolute atomic E-state index is 15.2. The molecule has 0 N–H and O–H groups in total. The van der Waals surface area contributed by atoms with Gasteiger partial charge in [0.2, 0.25) is 0 Å². The second-order valence-electron chi connectivity index (χ2n) is 6.85. The van der Waals surface area contributed by atoms with Gasteiger partial charge in [0.25, 0.3) is 0 Å². The lowest BCUT2D eigenvalue weighted by atomic mass is 9.82. The minimum atomic E-state index is -0.703. The molecule has 26 heavy (non-hydrogen) atoms. The lowest BCUT2D eigenvalue weighted by Crippen LogP contribution is -2.08. The fourth-order valence-corrected chi connectivity index (χ4v) is 3.87. The van der Waals surface area contributed by atoms with Gasteiger partial charge in [-0.05, 0) is 64.8 Å². The highest BCUT2D eigenvalue weighted by Gasteiger charge is 2.22. The summed E-state index contributed by atoms with van der Waals surface area (Å²) in [5, 5.41) is 0. The van der Waals surface area contributed by atoms with Crippen LogP contribution in [0.15, 0.2) is 48.5 Å². The van der Waals surface area contributed by atoms with Crippen LogP contribution in [0.4, 0.5) is 13.2 Å². The normalized spacial score (nSPS) is 12.6.